The van der Waals surface area contributed by atoms with E-state index in [0.29, 0.717) is 19.0 Å². The Hall–Kier alpha value is -1.51. The van der Waals surface area contributed by atoms with E-state index in [1.54, 1.807) is 32.9 Å². The number of fused-ring (bicyclic) bond motifs is 1. The zero-order valence-corrected chi connectivity index (χ0v) is 20.1. The molecule has 1 amide bonds. The molecule has 1 aromatic carbocycles. The normalized spacial score (nSPS) is 25.0. The Kier molecular flexibility index (Phi) is 6.18. The fraction of sp³-hybridized carbons (Fsp3) is 0.682. The van der Waals surface area contributed by atoms with E-state index in [9.17, 15) is 13.2 Å². The molecule has 3 aliphatic heterocycles. The molecule has 4 rings (SSSR count). The van der Waals surface area contributed by atoms with E-state index >= 15 is 0 Å². The summed E-state index contributed by atoms with van der Waals surface area (Å²) in [4.78, 5) is 18.8. The molecule has 9 heteroatoms. The monoisotopic (exact) mass is 469 g/mol. The van der Waals surface area contributed by atoms with Crippen LogP contribution in [0.5, 0.6) is 0 Å². The summed E-state index contributed by atoms with van der Waals surface area (Å²) in [7, 11) is -3.65. The third-order valence-electron chi connectivity index (χ3n) is 6.41. The summed E-state index contributed by atoms with van der Waals surface area (Å²) in [5.41, 5.74) is 0.356. The number of rotatable bonds is 3. The Labute approximate surface area is 190 Å². The average Bonchev–Trinajstić information content (AvgIpc) is 3.35. The van der Waals surface area contributed by atoms with Crippen LogP contribution in [0.2, 0.25) is 5.02 Å². The second-order valence-corrected chi connectivity index (χ2v) is 12.4. The van der Waals surface area contributed by atoms with Crippen LogP contribution in [0.15, 0.2) is 23.1 Å². The van der Waals surface area contributed by atoms with Crippen molar-refractivity contribution in [1.29, 1.82) is 0 Å². The van der Waals surface area contributed by atoms with Gasteiger partial charge in [-0.1, -0.05) is 11.6 Å². The topological polar surface area (TPSA) is 70.2 Å². The van der Waals surface area contributed by atoms with E-state index in [-0.39, 0.29) is 16.5 Å². The lowest BCUT2D eigenvalue weighted by atomic mass is 10.1. The number of hydrogen-bond donors (Lipinski definition) is 0. The maximum atomic E-state index is 13.3. The van der Waals surface area contributed by atoms with Crippen molar-refractivity contribution in [1.82, 2.24) is 9.80 Å². The fourth-order valence-electron chi connectivity index (χ4n) is 4.80. The van der Waals surface area contributed by atoms with Gasteiger partial charge in [0, 0.05) is 44.5 Å². The summed E-state index contributed by atoms with van der Waals surface area (Å²) >= 11 is 6.49. The van der Waals surface area contributed by atoms with Gasteiger partial charge in [0.1, 0.15) is 5.60 Å². The van der Waals surface area contributed by atoms with Crippen molar-refractivity contribution in [3.63, 3.8) is 0 Å². The van der Waals surface area contributed by atoms with Crippen molar-refractivity contribution in [3.8, 4) is 0 Å². The lowest BCUT2D eigenvalue weighted by Crippen LogP contribution is -2.50. The smallest absolute Gasteiger partial charge is 0.410 e. The lowest BCUT2D eigenvalue weighted by Gasteiger charge is -2.39. The molecule has 0 radical (unpaired) electrons. The van der Waals surface area contributed by atoms with Gasteiger partial charge in [-0.15, -0.1) is 0 Å². The van der Waals surface area contributed by atoms with Gasteiger partial charge in [0.15, 0.2) is 9.84 Å². The number of likely N-dealkylation sites (tertiary alicyclic amines) is 1. The summed E-state index contributed by atoms with van der Waals surface area (Å²) in [6.07, 6.45) is 2.37. The largest absolute Gasteiger partial charge is 0.444 e. The summed E-state index contributed by atoms with van der Waals surface area (Å²) in [5.74, 6) is 0. The zero-order valence-electron chi connectivity index (χ0n) is 18.5. The lowest BCUT2D eigenvalue weighted by molar-refractivity contribution is 0.0295. The summed E-state index contributed by atoms with van der Waals surface area (Å²) in [6.45, 7) is 9.96. The molecule has 3 aliphatic rings. The average molecular weight is 470 g/mol. The standard InChI is InChI=1S/C22H32ClN3O4S/c1-22(2,3)30-21(27)26-10-8-18(15-26)31(28,29)20-7-6-16(13-19(20)23)25-12-11-24-9-4-5-17(24)14-25/h6-7,13,17-18H,4-5,8-12,14-15H2,1-3H3. The molecule has 0 spiro atoms. The third kappa shape index (κ3) is 4.81. The molecule has 1 aromatic rings. The minimum absolute atomic E-state index is 0.124. The van der Waals surface area contributed by atoms with Crippen molar-refractivity contribution in [2.24, 2.45) is 0 Å². The van der Waals surface area contributed by atoms with Crippen LogP contribution in [-0.2, 0) is 14.6 Å². The van der Waals surface area contributed by atoms with Crippen molar-refractivity contribution in [3.05, 3.63) is 23.2 Å². The highest BCUT2D eigenvalue weighted by atomic mass is 35.5. The summed E-state index contributed by atoms with van der Waals surface area (Å²) in [6, 6.07) is 5.85. The number of ether oxygens (including phenoxy) is 1. The first-order chi connectivity index (χ1) is 14.5. The van der Waals surface area contributed by atoms with Crippen LogP contribution in [0.25, 0.3) is 0 Å². The second kappa shape index (κ2) is 8.45. The number of carbonyl (C=O) groups excluding carboxylic acids is 1. The van der Waals surface area contributed by atoms with Gasteiger partial charge < -0.3 is 14.5 Å². The Balaban J connectivity index is 1.46. The molecule has 3 heterocycles. The molecule has 3 saturated heterocycles. The van der Waals surface area contributed by atoms with Gasteiger partial charge in [-0.05, 0) is 64.8 Å². The van der Waals surface area contributed by atoms with Crippen molar-refractivity contribution < 1.29 is 17.9 Å². The molecule has 0 aromatic heterocycles. The van der Waals surface area contributed by atoms with E-state index in [0.717, 1.165) is 25.3 Å². The van der Waals surface area contributed by atoms with E-state index < -0.39 is 26.8 Å². The van der Waals surface area contributed by atoms with Gasteiger partial charge >= 0.3 is 6.09 Å². The van der Waals surface area contributed by atoms with Gasteiger partial charge in [0.05, 0.1) is 15.2 Å². The van der Waals surface area contributed by atoms with Crippen molar-refractivity contribution in [2.75, 3.05) is 44.2 Å². The van der Waals surface area contributed by atoms with Crippen LogP contribution in [0, 0.1) is 0 Å². The molecule has 2 atom stereocenters. The number of anilines is 1. The van der Waals surface area contributed by atoms with Gasteiger partial charge in [-0.2, -0.15) is 0 Å². The van der Waals surface area contributed by atoms with Gasteiger partial charge in [-0.25, -0.2) is 13.2 Å². The molecule has 31 heavy (non-hydrogen) atoms. The van der Waals surface area contributed by atoms with Gasteiger partial charge in [-0.3, -0.25) is 4.90 Å². The highest BCUT2D eigenvalue weighted by molar-refractivity contribution is 7.92. The van der Waals surface area contributed by atoms with Crippen molar-refractivity contribution in [2.45, 2.75) is 61.8 Å². The Morgan fingerprint density at radius 2 is 1.87 bits per heavy atom. The quantitative estimate of drug-likeness (QED) is 0.675. The molecular weight excluding hydrogens is 438 g/mol. The van der Waals surface area contributed by atoms with Crippen LogP contribution < -0.4 is 4.90 Å². The molecule has 7 nitrogen and oxygen atoms in total. The van der Waals surface area contributed by atoms with Crippen LogP contribution >= 0.6 is 11.6 Å². The first-order valence-corrected chi connectivity index (χ1v) is 13.0. The number of hydrogen-bond acceptors (Lipinski definition) is 6. The van der Waals surface area contributed by atoms with Crippen LogP contribution in [0.4, 0.5) is 10.5 Å². The van der Waals surface area contributed by atoms with E-state index in [2.05, 4.69) is 9.80 Å². The second-order valence-electron chi connectivity index (χ2n) is 9.77. The predicted molar refractivity (Wildman–Crippen MR) is 122 cm³/mol. The molecule has 3 fully saturated rings. The third-order valence-corrected chi connectivity index (χ3v) is 9.07. The molecule has 2 unspecified atom stereocenters. The number of amides is 1. The first kappa shape index (κ1) is 22.7. The van der Waals surface area contributed by atoms with Crippen molar-refractivity contribution >= 4 is 33.2 Å². The van der Waals surface area contributed by atoms with Crippen LogP contribution in [0.1, 0.15) is 40.0 Å². The number of carbonyl (C=O) groups is 1. The summed E-state index contributed by atoms with van der Waals surface area (Å²) < 4.78 is 31.9. The number of benzene rings is 1. The molecule has 0 aliphatic carbocycles. The first-order valence-electron chi connectivity index (χ1n) is 11.0. The Morgan fingerprint density at radius 3 is 2.58 bits per heavy atom. The Bertz CT molecular complexity index is 947. The molecule has 0 N–H and O–H groups in total. The number of nitrogens with zero attached hydrogens (tertiary/aromatic N) is 3. The number of halogens is 1. The zero-order chi connectivity index (χ0) is 22.4. The SMILES string of the molecule is CC(C)(C)OC(=O)N1CCC(S(=O)(=O)c2ccc(N3CCN4CCCC4C3)cc2Cl)C1. The van der Waals surface area contributed by atoms with E-state index in [1.807, 2.05) is 6.07 Å². The van der Waals surface area contributed by atoms with E-state index in [1.165, 1.54) is 24.3 Å². The van der Waals surface area contributed by atoms with Gasteiger partial charge in [0.2, 0.25) is 0 Å². The fourth-order valence-corrected chi connectivity index (χ4v) is 7.03. The number of piperazine rings is 1. The maximum Gasteiger partial charge on any atom is 0.410 e. The molecule has 172 valence electrons. The minimum Gasteiger partial charge on any atom is -0.444 e. The number of sulfone groups is 1. The maximum absolute atomic E-state index is 13.3. The van der Waals surface area contributed by atoms with E-state index in [4.69, 9.17) is 16.3 Å². The Morgan fingerprint density at radius 1 is 1.10 bits per heavy atom. The predicted octanol–water partition coefficient (Wildman–Crippen LogP) is 3.41. The highest BCUT2D eigenvalue weighted by Gasteiger charge is 2.39. The molecular formula is C22H32ClN3O4S. The molecule has 0 saturated carbocycles. The molecule has 0 bridgehead atoms. The van der Waals surface area contributed by atoms with Crippen LogP contribution in [0.3, 0.4) is 0 Å². The van der Waals surface area contributed by atoms with Crippen LogP contribution in [-0.4, -0.2) is 80.5 Å². The minimum atomic E-state index is -3.65. The summed E-state index contributed by atoms with van der Waals surface area (Å²) in [5, 5.41) is -0.424. The highest BCUT2D eigenvalue weighted by Crippen LogP contribution is 2.34. The van der Waals surface area contributed by atoms with Gasteiger partial charge in [0.25, 0.3) is 0 Å².